The third-order valence-electron chi connectivity index (χ3n) is 4.98. The maximum Gasteiger partial charge on any atom is 0.243 e. The number of carbonyl (C=O) groups excluding carboxylic acids is 1. The Labute approximate surface area is 125 Å². The predicted molar refractivity (Wildman–Crippen MR) is 85.4 cm³/mol. The fraction of sp³-hybridized carbons (Fsp3) is 0.941. The zero-order chi connectivity index (χ0) is 15.5. The molecule has 2 atom stereocenters. The molecular weight excluding hydrogens is 248 g/mol. The van der Waals surface area contributed by atoms with Crippen molar-refractivity contribution in [2.45, 2.75) is 79.4 Å². The van der Waals surface area contributed by atoms with Crippen molar-refractivity contribution in [1.82, 2.24) is 10.2 Å². The molecule has 3 nitrogen and oxygen atoms in total. The summed E-state index contributed by atoms with van der Waals surface area (Å²) in [6.45, 7) is 16.3. The van der Waals surface area contributed by atoms with Gasteiger partial charge >= 0.3 is 0 Å². The summed E-state index contributed by atoms with van der Waals surface area (Å²) < 4.78 is 0. The second kappa shape index (κ2) is 6.93. The van der Waals surface area contributed by atoms with Gasteiger partial charge in [-0.3, -0.25) is 10.1 Å². The van der Waals surface area contributed by atoms with Crippen LogP contribution >= 0.6 is 0 Å². The Morgan fingerprint density at radius 1 is 1.20 bits per heavy atom. The molecule has 1 rings (SSSR count). The maximum absolute atomic E-state index is 12.8. The van der Waals surface area contributed by atoms with E-state index >= 15 is 0 Å². The topological polar surface area (TPSA) is 32.3 Å². The van der Waals surface area contributed by atoms with E-state index in [1.165, 1.54) is 0 Å². The summed E-state index contributed by atoms with van der Waals surface area (Å²) in [5.41, 5.74) is -0.363. The van der Waals surface area contributed by atoms with Crippen LogP contribution in [0.25, 0.3) is 0 Å². The van der Waals surface area contributed by atoms with E-state index in [9.17, 15) is 4.79 Å². The molecule has 1 fully saturated rings. The van der Waals surface area contributed by atoms with Crippen LogP contribution in [-0.4, -0.2) is 29.1 Å². The number of amides is 1. The molecule has 0 saturated carbocycles. The van der Waals surface area contributed by atoms with Crippen molar-refractivity contribution in [3.8, 4) is 0 Å². The van der Waals surface area contributed by atoms with E-state index in [1.807, 2.05) is 0 Å². The highest BCUT2D eigenvalue weighted by Crippen LogP contribution is 2.30. The van der Waals surface area contributed by atoms with Crippen molar-refractivity contribution >= 4 is 5.91 Å². The Balaban J connectivity index is 2.91. The Morgan fingerprint density at radius 3 is 2.15 bits per heavy atom. The van der Waals surface area contributed by atoms with Gasteiger partial charge < -0.3 is 4.90 Å². The highest BCUT2D eigenvalue weighted by atomic mass is 16.2. The quantitative estimate of drug-likeness (QED) is 0.773. The lowest BCUT2D eigenvalue weighted by molar-refractivity contribution is -0.134. The first-order valence-corrected chi connectivity index (χ1v) is 8.35. The first kappa shape index (κ1) is 17.5. The molecule has 1 aliphatic heterocycles. The molecule has 0 radical (unpaired) electrons. The second-order valence-corrected chi connectivity index (χ2v) is 7.24. The predicted octanol–water partition coefficient (Wildman–Crippen LogP) is 3.64. The fourth-order valence-corrected chi connectivity index (χ4v) is 3.35. The van der Waals surface area contributed by atoms with Crippen molar-refractivity contribution in [3.05, 3.63) is 0 Å². The van der Waals surface area contributed by atoms with Crippen LogP contribution in [0.4, 0.5) is 0 Å². The number of rotatable bonds is 7. The minimum absolute atomic E-state index is 0.220. The van der Waals surface area contributed by atoms with Crippen molar-refractivity contribution in [2.24, 2.45) is 17.8 Å². The molecule has 0 aliphatic carbocycles. The molecule has 1 aliphatic rings. The Bertz CT molecular complexity index is 319. The largest absolute Gasteiger partial charge is 0.325 e. The fourth-order valence-electron chi connectivity index (χ4n) is 3.35. The van der Waals surface area contributed by atoms with E-state index in [4.69, 9.17) is 0 Å². The Kier molecular flexibility index (Phi) is 6.06. The van der Waals surface area contributed by atoms with Crippen molar-refractivity contribution in [1.29, 1.82) is 0 Å². The van der Waals surface area contributed by atoms with Gasteiger partial charge in [0.1, 0.15) is 0 Å². The molecule has 0 bridgehead atoms. The van der Waals surface area contributed by atoms with Crippen molar-refractivity contribution in [2.75, 3.05) is 6.54 Å². The van der Waals surface area contributed by atoms with Gasteiger partial charge in [-0.2, -0.15) is 0 Å². The third-order valence-corrected chi connectivity index (χ3v) is 4.98. The van der Waals surface area contributed by atoms with Crippen LogP contribution in [0, 0.1) is 17.8 Å². The highest BCUT2D eigenvalue weighted by molar-refractivity contribution is 5.88. The number of hydrogen-bond acceptors (Lipinski definition) is 2. The number of carbonyl (C=O) groups is 1. The van der Waals surface area contributed by atoms with E-state index in [0.29, 0.717) is 23.7 Å². The number of nitrogens with one attached hydrogen (secondary N) is 1. The minimum atomic E-state index is -0.363. The molecule has 1 N–H and O–H groups in total. The molecule has 1 heterocycles. The van der Waals surface area contributed by atoms with Crippen LogP contribution in [0.3, 0.4) is 0 Å². The summed E-state index contributed by atoms with van der Waals surface area (Å²) in [5.74, 6) is 2.08. The van der Waals surface area contributed by atoms with Crippen LogP contribution in [0.15, 0.2) is 0 Å². The molecule has 0 spiro atoms. The SMILES string of the molecule is CCCC1NC(C)(CC)C(=O)N1CC(C(C)C)C(C)C. The first-order chi connectivity index (χ1) is 9.26. The minimum Gasteiger partial charge on any atom is -0.325 e. The summed E-state index contributed by atoms with van der Waals surface area (Å²) in [6, 6.07) is 0. The Hall–Kier alpha value is -0.570. The summed E-state index contributed by atoms with van der Waals surface area (Å²) in [7, 11) is 0. The summed E-state index contributed by atoms with van der Waals surface area (Å²) in [6.07, 6.45) is 3.23. The Morgan fingerprint density at radius 2 is 1.75 bits per heavy atom. The van der Waals surface area contributed by atoms with Gasteiger partial charge in [0.25, 0.3) is 0 Å². The van der Waals surface area contributed by atoms with E-state index in [2.05, 4.69) is 58.7 Å². The lowest BCUT2D eigenvalue weighted by atomic mass is 9.85. The summed E-state index contributed by atoms with van der Waals surface area (Å²) >= 11 is 0. The second-order valence-electron chi connectivity index (χ2n) is 7.24. The van der Waals surface area contributed by atoms with Crippen LogP contribution in [0.2, 0.25) is 0 Å². The highest BCUT2D eigenvalue weighted by Gasteiger charge is 2.46. The molecule has 3 heteroatoms. The summed E-state index contributed by atoms with van der Waals surface area (Å²) in [5, 5.41) is 3.58. The van der Waals surface area contributed by atoms with E-state index in [1.54, 1.807) is 0 Å². The molecule has 0 aromatic rings. The maximum atomic E-state index is 12.8. The normalized spacial score (nSPS) is 27.4. The molecule has 0 aromatic carbocycles. The third kappa shape index (κ3) is 3.55. The average Bonchev–Trinajstić information content (AvgIpc) is 2.59. The molecule has 1 amide bonds. The van der Waals surface area contributed by atoms with Crippen LogP contribution < -0.4 is 5.32 Å². The molecule has 1 saturated heterocycles. The van der Waals surface area contributed by atoms with Crippen molar-refractivity contribution in [3.63, 3.8) is 0 Å². The first-order valence-electron chi connectivity index (χ1n) is 8.35. The molecule has 2 unspecified atom stereocenters. The van der Waals surface area contributed by atoms with Gasteiger partial charge in [-0.1, -0.05) is 48.0 Å². The molecular formula is C17H34N2O. The standard InChI is InChI=1S/C17H34N2O/c1-8-10-15-18-17(7,9-2)16(20)19(15)11-14(12(3)4)13(5)6/h12-15,18H,8-11H2,1-7H3. The van der Waals surface area contributed by atoms with Gasteiger partial charge in [-0.05, 0) is 37.5 Å². The van der Waals surface area contributed by atoms with E-state index < -0.39 is 0 Å². The van der Waals surface area contributed by atoms with Crippen LogP contribution in [0.1, 0.15) is 67.7 Å². The molecule has 118 valence electrons. The lowest BCUT2D eigenvalue weighted by Gasteiger charge is -2.33. The van der Waals surface area contributed by atoms with Gasteiger partial charge in [0.15, 0.2) is 0 Å². The van der Waals surface area contributed by atoms with Gasteiger partial charge in [0.05, 0.1) is 11.7 Å². The zero-order valence-corrected chi connectivity index (χ0v) is 14.5. The average molecular weight is 282 g/mol. The van der Waals surface area contributed by atoms with Gasteiger partial charge in [-0.15, -0.1) is 0 Å². The van der Waals surface area contributed by atoms with E-state index in [-0.39, 0.29) is 11.7 Å². The zero-order valence-electron chi connectivity index (χ0n) is 14.5. The molecule has 20 heavy (non-hydrogen) atoms. The van der Waals surface area contributed by atoms with Gasteiger partial charge in [-0.25, -0.2) is 0 Å². The van der Waals surface area contributed by atoms with Gasteiger partial charge in [0.2, 0.25) is 5.91 Å². The number of nitrogens with zero attached hydrogens (tertiary/aromatic N) is 1. The smallest absolute Gasteiger partial charge is 0.243 e. The lowest BCUT2D eigenvalue weighted by Crippen LogP contribution is -2.44. The molecule has 0 aromatic heterocycles. The number of hydrogen-bond donors (Lipinski definition) is 1. The van der Waals surface area contributed by atoms with Crippen LogP contribution in [-0.2, 0) is 4.79 Å². The van der Waals surface area contributed by atoms with Crippen LogP contribution in [0.5, 0.6) is 0 Å². The monoisotopic (exact) mass is 282 g/mol. The van der Waals surface area contributed by atoms with Gasteiger partial charge in [0, 0.05) is 6.54 Å². The van der Waals surface area contributed by atoms with Crippen molar-refractivity contribution < 1.29 is 4.79 Å². The summed E-state index contributed by atoms with van der Waals surface area (Å²) in [4.78, 5) is 14.9. The van der Waals surface area contributed by atoms with E-state index in [0.717, 1.165) is 25.8 Å².